The average molecular weight is 249 g/mol. The molecule has 0 spiro atoms. The Bertz CT molecular complexity index is 346. The number of ether oxygens (including phenoxy) is 1. The van der Waals surface area contributed by atoms with Gasteiger partial charge in [-0.15, -0.1) is 0 Å². The Morgan fingerprint density at radius 2 is 1.61 bits per heavy atom. The second kappa shape index (κ2) is 6.79. The van der Waals surface area contributed by atoms with Gasteiger partial charge in [0, 0.05) is 6.54 Å². The van der Waals surface area contributed by atoms with Gasteiger partial charge >= 0.3 is 0 Å². The van der Waals surface area contributed by atoms with Crippen LogP contribution in [0.5, 0.6) is 5.75 Å². The Labute approximate surface area is 112 Å². The van der Waals surface area contributed by atoms with Gasteiger partial charge in [-0.25, -0.2) is 0 Å². The smallest absolute Gasteiger partial charge is 0.119 e. The van der Waals surface area contributed by atoms with E-state index in [2.05, 4.69) is 58.1 Å². The molecule has 0 amide bonds. The lowest BCUT2D eigenvalue weighted by molar-refractivity contribution is 0.304. The van der Waals surface area contributed by atoms with Crippen molar-refractivity contribution in [3.05, 3.63) is 29.3 Å². The molecule has 0 saturated heterocycles. The lowest BCUT2D eigenvalue weighted by atomic mass is 9.92. The van der Waals surface area contributed by atoms with E-state index in [4.69, 9.17) is 4.74 Å². The maximum absolute atomic E-state index is 5.74. The fourth-order valence-electron chi connectivity index (χ4n) is 1.85. The monoisotopic (exact) mass is 249 g/mol. The molecule has 0 aliphatic rings. The molecule has 0 fully saturated rings. The van der Waals surface area contributed by atoms with Crippen LogP contribution >= 0.6 is 0 Å². The standard InChI is InChI=1S/C16H27NO/c1-13-10-14(2)12-15(11-13)18-9-8-17-7-6-16(3,4)5/h10-12,17H,6-9H2,1-5H3. The average Bonchev–Trinajstić information content (AvgIpc) is 2.20. The predicted octanol–water partition coefficient (Wildman–Crippen LogP) is 3.71. The molecular weight excluding hydrogens is 222 g/mol. The first-order valence-corrected chi connectivity index (χ1v) is 6.79. The Morgan fingerprint density at radius 3 is 2.17 bits per heavy atom. The Morgan fingerprint density at radius 1 is 1.00 bits per heavy atom. The maximum Gasteiger partial charge on any atom is 0.119 e. The van der Waals surface area contributed by atoms with Crippen molar-refractivity contribution in [2.24, 2.45) is 5.41 Å². The van der Waals surface area contributed by atoms with Crippen LogP contribution in [0.15, 0.2) is 18.2 Å². The molecule has 0 unspecified atom stereocenters. The SMILES string of the molecule is Cc1cc(C)cc(OCCNCCC(C)(C)C)c1. The Kier molecular flexibility index (Phi) is 5.67. The minimum Gasteiger partial charge on any atom is -0.492 e. The molecule has 1 rings (SSSR count). The van der Waals surface area contributed by atoms with Gasteiger partial charge in [0.05, 0.1) is 0 Å². The van der Waals surface area contributed by atoms with Crippen molar-refractivity contribution >= 4 is 0 Å². The molecule has 0 aromatic heterocycles. The minimum atomic E-state index is 0.404. The van der Waals surface area contributed by atoms with Crippen LogP contribution in [0.2, 0.25) is 0 Å². The van der Waals surface area contributed by atoms with Crippen molar-refractivity contribution in [3.8, 4) is 5.75 Å². The van der Waals surface area contributed by atoms with Gasteiger partial charge in [-0.05, 0) is 55.5 Å². The molecule has 0 saturated carbocycles. The van der Waals surface area contributed by atoms with E-state index < -0.39 is 0 Å². The lowest BCUT2D eigenvalue weighted by Gasteiger charge is -2.18. The van der Waals surface area contributed by atoms with Crippen LogP contribution in [0, 0.1) is 19.3 Å². The summed E-state index contributed by atoms with van der Waals surface area (Å²) in [6.45, 7) is 13.7. The second-order valence-electron chi connectivity index (χ2n) is 6.23. The summed E-state index contributed by atoms with van der Waals surface area (Å²) < 4.78 is 5.74. The fourth-order valence-corrected chi connectivity index (χ4v) is 1.85. The van der Waals surface area contributed by atoms with E-state index in [1.807, 2.05) is 0 Å². The molecule has 0 aliphatic carbocycles. The molecule has 1 aromatic carbocycles. The molecule has 0 aliphatic heterocycles. The summed E-state index contributed by atoms with van der Waals surface area (Å²) in [5.41, 5.74) is 2.91. The van der Waals surface area contributed by atoms with Crippen molar-refractivity contribution < 1.29 is 4.74 Å². The van der Waals surface area contributed by atoms with Gasteiger partial charge in [0.1, 0.15) is 12.4 Å². The van der Waals surface area contributed by atoms with Gasteiger partial charge in [0.2, 0.25) is 0 Å². The van der Waals surface area contributed by atoms with E-state index in [-0.39, 0.29) is 0 Å². The lowest BCUT2D eigenvalue weighted by Crippen LogP contribution is -2.25. The first-order chi connectivity index (χ1) is 8.37. The Hall–Kier alpha value is -1.02. The minimum absolute atomic E-state index is 0.404. The van der Waals surface area contributed by atoms with Gasteiger partial charge in [-0.3, -0.25) is 0 Å². The van der Waals surface area contributed by atoms with E-state index in [1.54, 1.807) is 0 Å². The molecule has 1 N–H and O–H groups in total. The van der Waals surface area contributed by atoms with Gasteiger partial charge < -0.3 is 10.1 Å². The molecule has 2 heteroatoms. The van der Waals surface area contributed by atoms with Gasteiger partial charge in [0.25, 0.3) is 0 Å². The van der Waals surface area contributed by atoms with Crippen LogP contribution in [0.4, 0.5) is 0 Å². The van der Waals surface area contributed by atoms with Gasteiger partial charge in [-0.1, -0.05) is 26.8 Å². The zero-order chi connectivity index (χ0) is 13.6. The normalized spacial score (nSPS) is 11.6. The van der Waals surface area contributed by atoms with E-state index in [1.165, 1.54) is 17.5 Å². The second-order valence-corrected chi connectivity index (χ2v) is 6.23. The van der Waals surface area contributed by atoms with Crippen molar-refractivity contribution in [2.45, 2.75) is 41.0 Å². The molecular formula is C16H27NO. The largest absolute Gasteiger partial charge is 0.492 e. The highest BCUT2D eigenvalue weighted by Gasteiger charge is 2.08. The number of hydrogen-bond acceptors (Lipinski definition) is 2. The third kappa shape index (κ3) is 6.65. The summed E-state index contributed by atoms with van der Waals surface area (Å²) in [6.07, 6.45) is 1.19. The van der Waals surface area contributed by atoms with Gasteiger partial charge in [0.15, 0.2) is 0 Å². The van der Waals surface area contributed by atoms with Crippen LogP contribution in [0.3, 0.4) is 0 Å². The van der Waals surface area contributed by atoms with Crippen molar-refractivity contribution in [2.75, 3.05) is 19.7 Å². The summed E-state index contributed by atoms with van der Waals surface area (Å²) in [4.78, 5) is 0. The van der Waals surface area contributed by atoms with E-state index >= 15 is 0 Å². The highest BCUT2D eigenvalue weighted by Crippen LogP contribution is 2.17. The van der Waals surface area contributed by atoms with Crippen LogP contribution < -0.4 is 10.1 Å². The first kappa shape index (κ1) is 15.0. The molecule has 0 heterocycles. The maximum atomic E-state index is 5.74. The number of rotatable bonds is 6. The molecule has 0 atom stereocenters. The van der Waals surface area contributed by atoms with E-state index in [0.29, 0.717) is 5.41 Å². The topological polar surface area (TPSA) is 21.3 Å². The summed E-state index contributed by atoms with van der Waals surface area (Å²) in [6, 6.07) is 6.33. The molecule has 1 aromatic rings. The van der Waals surface area contributed by atoms with Crippen molar-refractivity contribution in [1.82, 2.24) is 5.32 Å². The number of hydrogen-bond donors (Lipinski definition) is 1. The molecule has 0 radical (unpaired) electrons. The summed E-state index contributed by atoms with van der Waals surface area (Å²) in [5.74, 6) is 0.977. The highest BCUT2D eigenvalue weighted by atomic mass is 16.5. The molecule has 0 bridgehead atoms. The zero-order valence-electron chi connectivity index (χ0n) is 12.5. The van der Waals surface area contributed by atoms with E-state index in [9.17, 15) is 0 Å². The quantitative estimate of drug-likeness (QED) is 0.776. The highest BCUT2D eigenvalue weighted by molar-refractivity contribution is 5.32. The van der Waals surface area contributed by atoms with E-state index in [0.717, 1.165) is 25.4 Å². The number of aryl methyl sites for hydroxylation is 2. The van der Waals surface area contributed by atoms with Crippen molar-refractivity contribution in [3.63, 3.8) is 0 Å². The van der Waals surface area contributed by atoms with Crippen LogP contribution in [-0.2, 0) is 0 Å². The van der Waals surface area contributed by atoms with Crippen molar-refractivity contribution in [1.29, 1.82) is 0 Å². The fraction of sp³-hybridized carbons (Fsp3) is 0.625. The predicted molar refractivity (Wildman–Crippen MR) is 78.4 cm³/mol. The molecule has 18 heavy (non-hydrogen) atoms. The van der Waals surface area contributed by atoms with Gasteiger partial charge in [-0.2, -0.15) is 0 Å². The number of nitrogens with one attached hydrogen (secondary N) is 1. The summed E-state index contributed by atoms with van der Waals surface area (Å²) >= 11 is 0. The number of benzene rings is 1. The molecule has 2 nitrogen and oxygen atoms in total. The first-order valence-electron chi connectivity index (χ1n) is 6.79. The third-order valence-corrected chi connectivity index (χ3v) is 2.79. The third-order valence-electron chi connectivity index (χ3n) is 2.79. The van der Waals surface area contributed by atoms with Crippen LogP contribution in [-0.4, -0.2) is 19.7 Å². The molecule has 102 valence electrons. The zero-order valence-corrected chi connectivity index (χ0v) is 12.5. The van der Waals surface area contributed by atoms with Crippen LogP contribution in [0.1, 0.15) is 38.3 Å². The Balaban J connectivity index is 2.18. The van der Waals surface area contributed by atoms with Crippen LogP contribution in [0.25, 0.3) is 0 Å². The summed E-state index contributed by atoms with van der Waals surface area (Å²) in [5, 5.41) is 3.42. The summed E-state index contributed by atoms with van der Waals surface area (Å²) in [7, 11) is 0.